The zero-order chi connectivity index (χ0) is 6.10. The minimum Gasteiger partial charge on any atom is -0.376 e. The van der Waals surface area contributed by atoms with Crippen molar-refractivity contribution in [3.63, 3.8) is 0 Å². The minimum absolute atomic E-state index is 1.02. The van der Waals surface area contributed by atoms with Crippen molar-refractivity contribution in [3.05, 3.63) is 42.1 Å². The van der Waals surface area contributed by atoms with Gasteiger partial charge in [0.1, 0.15) is 0 Å². The van der Waals surface area contributed by atoms with Gasteiger partial charge in [-0.2, -0.15) is 0 Å². The maximum atomic E-state index is 3.12. The van der Waals surface area contributed by atoms with E-state index in [9.17, 15) is 0 Å². The van der Waals surface area contributed by atoms with Gasteiger partial charge in [0.25, 0.3) is 0 Å². The summed E-state index contributed by atoms with van der Waals surface area (Å²) in [4.78, 5) is 0. The fraction of sp³-hybridized carbons (Fsp3) is 0.125. The number of rotatable bonds is 0. The maximum absolute atomic E-state index is 3.12. The molecule has 1 aliphatic heterocycles. The van der Waals surface area contributed by atoms with Crippen LogP contribution in [0.15, 0.2) is 29.5 Å². The van der Waals surface area contributed by atoms with Crippen molar-refractivity contribution < 1.29 is 0 Å². The van der Waals surface area contributed by atoms with Crippen LogP contribution in [0.1, 0.15) is 6.42 Å². The molecule has 0 aromatic carbocycles. The van der Waals surface area contributed by atoms with Crippen molar-refractivity contribution >= 4 is 0 Å². The molecule has 1 N–H and O–H groups in total. The summed E-state index contributed by atoms with van der Waals surface area (Å²) >= 11 is 0. The number of allylic oxidation sites excluding steroid dienone is 4. The first-order valence-electron chi connectivity index (χ1n) is 3.04. The Labute approximate surface area is 54.8 Å². The number of hydrogen-bond acceptors (Lipinski definition) is 1. The van der Waals surface area contributed by atoms with Crippen LogP contribution >= 0.6 is 0 Å². The lowest BCUT2D eigenvalue weighted by molar-refractivity contribution is 1.04. The van der Waals surface area contributed by atoms with Crippen LogP contribution < -0.4 is 5.32 Å². The largest absolute Gasteiger partial charge is 0.376 e. The lowest BCUT2D eigenvalue weighted by Gasteiger charge is -2.05. The van der Waals surface area contributed by atoms with Crippen LogP contribution in [-0.4, -0.2) is 0 Å². The second-order valence-corrected chi connectivity index (χ2v) is 2.12. The van der Waals surface area contributed by atoms with E-state index in [1.807, 2.05) is 6.54 Å². The van der Waals surface area contributed by atoms with E-state index in [1.54, 1.807) is 0 Å². The summed E-state index contributed by atoms with van der Waals surface area (Å²) in [7, 11) is 0. The molecule has 0 atom stereocenters. The van der Waals surface area contributed by atoms with Gasteiger partial charge in [0, 0.05) is 5.70 Å². The van der Waals surface area contributed by atoms with Crippen molar-refractivity contribution in [1.29, 1.82) is 0 Å². The summed E-state index contributed by atoms with van der Waals surface area (Å²) in [6.07, 6.45) is 10.4. The quantitative estimate of drug-likeness (QED) is 0.504. The molecular formula is C8H7N. The molecule has 0 aromatic rings. The SMILES string of the molecule is [C]1=C2CC=CC=C2N[CH]1. The number of hydrogen-bond donors (Lipinski definition) is 1. The third-order valence-electron chi connectivity index (χ3n) is 1.52. The molecule has 0 saturated heterocycles. The Bertz CT molecular complexity index is 209. The second kappa shape index (κ2) is 1.76. The zero-order valence-corrected chi connectivity index (χ0v) is 5.02. The van der Waals surface area contributed by atoms with Crippen molar-refractivity contribution in [3.8, 4) is 0 Å². The van der Waals surface area contributed by atoms with E-state index in [4.69, 9.17) is 0 Å². The van der Waals surface area contributed by atoms with Crippen LogP contribution in [0.25, 0.3) is 0 Å². The normalized spacial score (nSPS) is 22.2. The Kier molecular flexibility index (Phi) is 0.950. The molecule has 44 valence electrons. The average Bonchev–Trinajstić information content (AvgIpc) is 2.33. The van der Waals surface area contributed by atoms with Gasteiger partial charge >= 0.3 is 0 Å². The highest BCUT2D eigenvalue weighted by molar-refractivity contribution is 5.41. The fourth-order valence-electron chi connectivity index (χ4n) is 1.03. The van der Waals surface area contributed by atoms with Gasteiger partial charge in [-0.25, -0.2) is 0 Å². The van der Waals surface area contributed by atoms with Gasteiger partial charge in [-0.3, -0.25) is 0 Å². The predicted octanol–water partition coefficient (Wildman–Crippen LogP) is 1.32. The van der Waals surface area contributed by atoms with Gasteiger partial charge in [0.2, 0.25) is 0 Å². The highest BCUT2D eigenvalue weighted by atomic mass is 14.9. The van der Waals surface area contributed by atoms with E-state index in [-0.39, 0.29) is 0 Å². The van der Waals surface area contributed by atoms with Gasteiger partial charge in [0.05, 0.1) is 6.54 Å². The Hall–Kier alpha value is -0.980. The molecule has 2 radical (unpaired) electrons. The fourth-order valence-corrected chi connectivity index (χ4v) is 1.03. The molecule has 1 heteroatoms. The molecule has 1 heterocycles. The molecule has 0 unspecified atom stereocenters. The van der Waals surface area contributed by atoms with Crippen molar-refractivity contribution in [2.45, 2.75) is 6.42 Å². The summed E-state index contributed by atoms with van der Waals surface area (Å²) in [6.45, 7) is 1.86. The molecule has 1 aliphatic carbocycles. The third-order valence-corrected chi connectivity index (χ3v) is 1.52. The van der Waals surface area contributed by atoms with Gasteiger partial charge in [-0.05, 0) is 24.1 Å². The van der Waals surface area contributed by atoms with E-state index >= 15 is 0 Å². The molecule has 9 heavy (non-hydrogen) atoms. The molecule has 0 saturated carbocycles. The van der Waals surface area contributed by atoms with Crippen molar-refractivity contribution in [2.24, 2.45) is 0 Å². The number of nitrogens with one attached hydrogen (secondary N) is 1. The van der Waals surface area contributed by atoms with Crippen LogP contribution in [0.2, 0.25) is 0 Å². The predicted molar refractivity (Wildman–Crippen MR) is 36.0 cm³/mol. The number of fused-ring (bicyclic) bond motifs is 1. The zero-order valence-electron chi connectivity index (χ0n) is 5.02. The van der Waals surface area contributed by atoms with Gasteiger partial charge in [0.15, 0.2) is 0 Å². The van der Waals surface area contributed by atoms with Crippen LogP contribution in [0.5, 0.6) is 0 Å². The standard InChI is InChI=1S/C8H7N/c1-2-4-8-7(3-1)5-6-9-8/h1-2,4,6,9H,3H2. The second-order valence-electron chi connectivity index (χ2n) is 2.12. The summed E-state index contributed by atoms with van der Waals surface area (Å²) in [6, 6.07) is 0. The lowest BCUT2D eigenvalue weighted by atomic mass is 10.1. The molecule has 1 nitrogen and oxygen atoms in total. The average molecular weight is 117 g/mol. The minimum atomic E-state index is 1.02. The Morgan fingerprint density at radius 3 is 3.44 bits per heavy atom. The topological polar surface area (TPSA) is 12.0 Å². The lowest BCUT2D eigenvalue weighted by Crippen LogP contribution is -2.03. The third kappa shape index (κ3) is 0.689. The van der Waals surface area contributed by atoms with Crippen LogP contribution in [0.4, 0.5) is 0 Å². The first kappa shape index (κ1) is 4.86. The van der Waals surface area contributed by atoms with E-state index in [0.29, 0.717) is 0 Å². The maximum Gasteiger partial charge on any atom is 0.0764 e. The Morgan fingerprint density at radius 1 is 1.56 bits per heavy atom. The van der Waals surface area contributed by atoms with Gasteiger partial charge < -0.3 is 5.32 Å². The van der Waals surface area contributed by atoms with Gasteiger partial charge in [-0.1, -0.05) is 12.2 Å². The molecule has 0 bridgehead atoms. The summed E-state index contributed by atoms with van der Waals surface area (Å²) in [5, 5.41) is 3.10. The molecule has 0 aromatic heterocycles. The van der Waals surface area contributed by atoms with E-state index in [0.717, 1.165) is 6.42 Å². The first-order valence-corrected chi connectivity index (χ1v) is 3.04. The van der Waals surface area contributed by atoms with Crippen LogP contribution in [0.3, 0.4) is 0 Å². The summed E-state index contributed by atoms with van der Waals surface area (Å²) in [5.41, 5.74) is 2.48. The monoisotopic (exact) mass is 117 g/mol. The molecule has 0 spiro atoms. The summed E-state index contributed by atoms with van der Waals surface area (Å²) in [5.74, 6) is 0. The highest BCUT2D eigenvalue weighted by Crippen LogP contribution is 2.20. The van der Waals surface area contributed by atoms with E-state index in [2.05, 4.69) is 29.6 Å². The molecule has 0 fully saturated rings. The first-order chi connectivity index (χ1) is 4.47. The molecular weight excluding hydrogens is 110 g/mol. The van der Waals surface area contributed by atoms with Crippen LogP contribution in [0, 0.1) is 12.6 Å². The van der Waals surface area contributed by atoms with E-state index < -0.39 is 0 Å². The Morgan fingerprint density at radius 2 is 2.56 bits per heavy atom. The highest BCUT2D eigenvalue weighted by Gasteiger charge is 2.10. The summed E-state index contributed by atoms with van der Waals surface area (Å²) < 4.78 is 0. The molecule has 2 aliphatic rings. The van der Waals surface area contributed by atoms with Crippen molar-refractivity contribution in [1.82, 2.24) is 5.32 Å². The molecule has 0 amide bonds. The molecule has 2 rings (SSSR count). The van der Waals surface area contributed by atoms with Crippen molar-refractivity contribution in [2.75, 3.05) is 0 Å². The smallest absolute Gasteiger partial charge is 0.0764 e. The Balaban J connectivity index is 2.37. The van der Waals surface area contributed by atoms with Gasteiger partial charge in [-0.15, -0.1) is 0 Å². The van der Waals surface area contributed by atoms with E-state index in [1.165, 1.54) is 11.3 Å². The van der Waals surface area contributed by atoms with Crippen LogP contribution in [-0.2, 0) is 0 Å².